The lowest BCUT2D eigenvalue weighted by Crippen LogP contribution is -1.97. The number of nitrogens with zero attached hydrogens (tertiary/aromatic N) is 3. The Kier molecular flexibility index (Phi) is 3.24. The molecule has 0 bridgehead atoms. The van der Waals surface area contributed by atoms with Crippen molar-refractivity contribution < 1.29 is 0 Å². The molecule has 0 saturated carbocycles. The van der Waals surface area contributed by atoms with Crippen LogP contribution in [0.3, 0.4) is 0 Å². The Balaban J connectivity index is 1.90. The van der Waals surface area contributed by atoms with E-state index >= 15 is 0 Å². The van der Waals surface area contributed by atoms with Crippen LogP contribution < -0.4 is 5.73 Å². The van der Waals surface area contributed by atoms with Crippen molar-refractivity contribution in [3.63, 3.8) is 0 Å². The molecule has 2 heterocycles. The van der Waals surface area contributed by atoms with Gasteiger partial charge in [-0.25, -0.2) is 9.97 Å². The van der Waals surface area contributed by atoms with E-state index in [9.17, 15) is 0 Å². The van der Waals surface area contributed by atoms with Crippen molar-refractivity contribution in [2.75, 3.05) is 5.73 Å². The molecule has 112 valence electrons. The van der Waals surface area contributed by atoms with Crippen LogP contribution >= 0.6 is 11.6 Å². The van der Waals surface area contributed by atoms with Crippen LogP contribution in [-0.2, 0) is 0 Å². The number of rotatable bonds is 2. The monoisotopic (exact) mass is 320 g/mol. The Morgan fingerprint density at radius 1 is 0.913 bits per heavy atom. The van der Waals surface area contributed by atoms with Crippen LogP contribution in [0.5, 0.6) is 0 Å². The van der Waals surface area contributed by atoms with Crippen molar-refractivity contribution in [1.82, 2.24) is 14.5 Å². The van der Waals surface area contributed by atoms with Crippen LogP contribution in [0.2, 0.25) is 5.15 Å². The largest absolute Gasteiger partial charge is 0.368 e. The fourth-order valence-electron chi connectivity index (χ4n) is 2.68. The number of anilines is 1. The molecule has 23 heavy (non-hydrogen) atoms. The Morgan fingerprint density at radius 2 is 1.74 bits per heavy atom. The fraction of sp³-hybridized carbons (Fsp3) is 0. The van der Waals surface area contributed by atoms with Gasteiger partial charge in [0.2, 0.25) is 5.95 Å². The van der Waals surface area contributed by atoms with Gasteiger partial charge >= 0.3 is 0 Å². The van der Waals surface area contributed by atoms with Crippen molar-refractivity contribution in [3.8, 4) is 16.9 Å². The topological polar surface area (TPSA) is 56.7 Å². The second-order valence-electron chi connectivity index (χ2n) is 5.23. The van der Waals surface area contributed by atoms with Crippen molar-refractivity contribution in [1.29, 1.82) is 0 Å². The molecule has 0 fully saturated rings. The molecule has 0 radical (unpaired) electrons. The Hall–Kier alpha value is -2.85. The summed E-state index contributed by atoms with van der Waals surface area (Å²) in [5, 5.41) is 1.50. The van der Waals surface area contributed by atoms with E-state index in [0.29, 0.717) is 10.8 Å². The summed E-state index contributed by atoms with van der Waals surface area (Å²) >= 11 is 5.99. The first-order valence-electron chi connectivity index (χ1n) is 7.18. The van der Waals surface area contributed by atoms with Crippen molar-refractivity contribution in [3.05, 3.63) is 72.0 Å². The lowest BCUT2D eigenvalue weighted by atomic mass is 10.1. The smallest absolute Gasteiger partial charge is 0.221 e. The van der Waals surface area contributed by atoms with Gasteiger partial charge in [-0.15, -0.1) is 0 Å². The van der Waals surface area contributed by atoms with E-state index in [1.54, 1.807) is 6.07 Å². The van der Waals surface area contributed by atoms with Crippen LogP contribution in [0.25, 0.3) is 27.8 Å². The molecule has 0 atom stereocenters. The standard InChI is InChI=1S/C18H13ClN4/c19-17-11-15(21-18(20)22-17)13-7-6-12-8-9-23(16(12)10-13)14-4-2-1-3-5-14/h1-11H,(H2,20,21,22). The van der Waals surface area contributed by atoms with Crippen LogP contribution in [-0.4, -0.2) is 14.5 Å². The van der Waals surface area contributed by atoms with Gasteiger partial charge in [-0.3, -0.25) is 0 Å². The van der Waals surface area contributed by atoms with Crippen molar-refractivity contribution in [2.24, 2.45) is 0 Å². The van der Waals surface area contributed by atoms with Gasteiger partial charge in [0, 0.05) is 23.5 Å². The number of fused-ring (bicyclic) bond motifs is 1. The highest BCUT2D eigenvalue weighted by Crippen LogP contribution is 2.27. The quantitative estimate of drug-likeness (QED) is 0.559. The summed E-state index contributed by atoms with van der Waals surface area (Å²) < 4.78 is 2.14. The van der Waals surface area contributed by atoms with Gasteiger partial charge in [-0.1, -0.05) is 41.9 Å². The highest BCUT2D eigenvalue weighted by molar-refractivity contribution is 6.29. The summed E-state index contributed by atoms with van der Waals surface area (Å²) in [5.41, 5.74) is 9.57. The van der Waals surface area contributed by atoms with Crippen molar-refractivity contribution >= 4 is 28.5 Å². The van der Waals surface area contributed by atoms with Gasteiger partial charge in [-0.2, -0.15) is 0 Å². The minimum Gasteiger partial charge on any atom is -0.368 e. The fourth-order valence-corrected chi connectivity index (χ4v) is 2.87. The molecule has 0 spiro atoms. The van der Waals surface area contributed by atoms with Crippen LogP contribution in [0, 0.1) is 0 Å². The zero-order chi connectivity index (χ0) is 15.8. The number of benzene rings is 2. The predicted molar refractivity (Wildman–Crippen MR) is 93.7 cm³/mol. The number of halogens is 1. The lowest BCUT2D eigenvalue weighted by Gasteiger charge is -2.07. The molecule has 0 saturated heterocycles. The highest BCUT2D eigenvalue weighted by atomic mass is 35.5. The maximum Gasteiger partial charge on any atom is 0.221 e. The zero-order valence-electron chi connectivity index (χ0n) is 12.1. The third-order valence-electron chi connectivity index (χ3n) is 3.74. The molecule has 0 aliphatic heterocycles. The summed E-state index contributed by atoms with van der Waals surface area (Å²) in [7, 11) is 0. The first-order valence-corrected chi connectivity index (χ1v) is 7.55. The second kappa shape index (κ2) is 5.41. The average molecular weight is 321 g/mol. The molecule has 2 aromatic carbocycles. The summed E-state index contributed by atoms with van der Waals surface area (Å²) in [6.45, 7) is 0. The predicted octanol–water partition coefficient (Wildman–Crippen LogP) is 4.32. The average Bonchev–Trinajstić information content (AvgIpc) is 2.98. The highest BCUT2D eigenvalue weighted by Gasteiger charge is 2.08. The Bertz CT molecular complexity index is 972. The second-order valence-corrected chi connectivity index (χ2v) is 5.62. The van der Waals surface area contributed by atoms with E-state index in [-0.39, 0.29) is 5.95 Å². The molecule has 4 nitrogen and oxygen atoms in total. The number of hydrogen-bond acceptors (Lipinski definition) is 3. The van der Waals surface area contributed by atoms with Crippen LogP contribution in [0.1, 0.15) is 0 Å². The minimum atomic E-state index is 0.172. The lowest BCUT2D eigenvalue weighted by molar-refractivity contribution is 1.13. The van der Waals surface area contributed by atoms with Gasteiger partial charge in [-0.05, 0) is 29.7 Å². The number of para-hydroxylation sites is 1. The van der Waals surface area contributed by atoms with Gasteiger partial charge < -0.3 is 10.3 Å². The van der Waals surface area contributed by atoms with Gasteiger partial charge in [0.15, 0.2) is 0 Å². The molecule has 4 rings (SSSR count). The van der Waals surface area contributed by atoms with E-state index in [4.69, 9.17) is 17.3 Å². The summed E-state index contributed by atoms with van der Waals surface area (Å²) in [5.74, 6) is 0.172. The normalized spacial score (nSPS) is 11.0. The molecule has 5 heteroatoms. The maximum absolute atomic E-state index is 5.99. The van der Waals surface area contributed by atoms with E-state index < -0.39 is 0 Å². The molecule has 4 aromatic rings. The molecule has 2 aromatic heterocycles. The van der Waals surface area contributed by atoms with Crippen molar-refractivity contribution in [2.45, 2.75) is 0 Å². The Labute approximate surface area is 138 Å². The molecule has 0 amide bonds. The molecule has 0 aliphatic rings. The van der Waals surface area contributed by atoms with Gasteiger partial charge in [0.05, 0.1) is 11.2 Å². The molecule has 0 unspecified atom stereocenters. The SMILES string of the molecule is Nc1nc(Cl)cc(-c2ccc3ccn(-c4ccccc4)c3c2)n1. The summed E-state index contributed by atoms with van der Waals surface area (Å²) in [6, 6.07) is 20.2. The molecular weight excluding hydrogens is 308 g/mol. The third-order valence-corrected chi connectivity index (χ3v) is 3.93. The van der Waals surface area contributed by atoms with Gasteiger partial charge in [0.25, 0.3) is 0 Å². The molecule has 2 N–H and O–H groups in total. The third kappa shape index (κ3) is 2.53. The molecular formula is C18H13ClN4. The Morgan fingerprint density at radius 3 is 2.52 bits per heavy atom. The summed E-state index contributed by atoms with van der Waals surface area (Å²) in [4.78, 5) is 8.17. The summed E-state index contributed by atoms with van der Waals surface area (Å²) in [6.07, 6.45) is 2.06. The van der Waals surface area contributed by atoms with E-state index in [1.807, 2.05) is 24.3 Å². The minimum absolute atomic E-state index is 0.172. The van der Waals surface area contributed by atoms with E-state index in [1.165, 1.54) is 0 Å². The number of aromatic nitrogens is 3. The number of hydrogen-bond donors (Lipinski definition) is 1. The first-order chi connectivity index (χ1) is 11.2. The maximum atomic E-state index is 5.99. The van der Waals surface area contributed by atoms with Gasteiger partial charge in [0.1, 0.15) is 5.15 Å². The molecule has 0 aliphatic carbocycles. The van der Waals surface area contributed by atoms with E-state index in [2.05, 4.69) is 51.1 Å². The first kappa shape index (κ1) is 13.8. The van der Waals surface area contributed by atoms with Crippen LogP contribution in [0.4, 0.5) is 5.95 Å². The van der Waals surface area contributed by atoms with Crippen LogP contribution in [0.15, 0.2) is 66.9 Å². The van der Waals surface area contributed by atoms with E-state index in [0.717, 1.165) is 22.2 Å². The number of nitrogens with two attached hydrogens (primary N) is 1. The zero-order valence-corrected chi connectivity index (χ0v) is 12.9. The number of nitrogen functional groups attached to an aromatic ring is 1.